The molecule has 2 heteroatoms. The van der Waals surface area contributed by atoms with Crippen LogP contribution in [-0.2, 0) is 0 Å². The molecule has 0 fully saturated rings. The van der Waals surface area contributed by atoms with Crippen molar-refractivity contribution in [2.24, 2.45) is 5.92 Å². The third-order valence-electron chi connectivity index (χ3n) is 1.01. The van der Waals surface area contributed by atoms with E-state index in [1.54, 1.807) is 0 Å². The number of halogens is 2. The summed E-state index contributed by atoms with van der Waals surface area (Å²) < 4.78 is 2.63. The van der Waals surface area contributed by atoms with Gasteiger partial charge in [0.25, 0.3) is 0 Å². The Morgan fingerprint density at radius 3 is 1.71 bits per heavy atom. The molecule has 0 aromatic rings. The van der Waals surface area contributed by atoms with Gasteiger partial charge in [-0.25, -0.2) is 0 Å². The highest BCUT2D eigenvalue weighted by Crippen LogP contribution is 2.09. The van der Waals surface area contributed by atoms with Crippen molar-refractivity contribution >= 4 is 45.2 Å². The number of hydrogen-bond donors (Lipinski definition) is 0. The first-order valence-electron chi connectivity index (χ1n) is 2.47. The van der Waals surface area contributed by atoms with Gasteiger partial charge in [0, 0.05) is 8.86 Å². The minimum Gasteiger partial charge on any atom is -0.0860 e. The summed E-state index contributed by atoms with van der Waals surface area (Å²) in [6.07, 6.45) is 1.34. The lowest BCUT2D eigenvalue weighted by Gasteiger charge is -2.03. The van der Waals surface area contributed by atoms with E-state index in [0.29, 0.717) is 0 Å². The Bertz CT molecular complexity index is 27.6. The monoisotopic (exact) mass is 324 g/mol. The average molecular weight is 324 g/mol. The fraction of sp³-hybridized carbons (Fsp3) is 1.00. The van der Waals surface area contributed by atoms with Crippen LogP contribution in [0.3, 0.4) is 0 Å². The number of alkyl halides is 2. The van der Waals surface area contributed by atoms with Crippen molar-refractivity contribution in [2.75, 3.05) is 8.86 Å². The van der Waals surface area contributed by atoms with Gasteiger partial charge in [-0.1, -0.05) is 58.5 Å². The smallest absolute Gasteiger partial charge is 0.00309 e. The molecule has 0 unspecified atom stereocenters. The van der Waals surface area contributed by atoms with E-state index < -0.39 is 0 Å². The zero-order valence-electron chi connectivity index (χ0n) is 4.45. The Labute approximate surface area is 72.7 Å². The fourth-order valence-corrected chi connectivity index (χ4v) is 3.32. The second kappa shape index (κ2) is 5.59. The molecule has 0 N–H and O–H groups in total. The Hall–Kier alpha value is 1.46. The molecular formula is C5H10I2. The molecule has 0 aromatic carbocycles. The lowest BCUT2D eigenvalue weighted by Crippen LogP contribution is -1.99. The zero-order valence-corrected chi connectivity index (χ0v) is 8.77. The van der Waals surface area contributed by atoms with E-state index in [1.807, 2.05) is 0 Å². The molecule has 0 amide bonds. The van der Waals surface area contributed by atoms with Gasteiger partial charge < -0.3 is 0 Å². The molecule has 0 bridgehead atoms. The van der Waals surface area contributed by atoms with Gasteiger partial charge in [0.05, 0.1) is 0 Å². The lowest BCUT2D eigenvalue weighted by atomic mass is 10.2. The summed E-state index contributed by atoms with van der Waals surface area (Å²) in [5.41, 5.74) is 0. The molecule has 7 heavy (non-hydrogen) atoms. The quantitative estimate of drug-likeness (QED) is 0.553. The van der Waals surface area contributed by atoms with Gasteiger partial charge in [-0.2, -0.15) is 0 Å². The summed E-state index contributed by atoms with van der Waals surface area (Å²) in [6, 6.07) is 0. The van der Waals surface area contributed by atoms with E-state index in [9.17, 15) is 0 Å². The predicted octanol–water partition coefficient (Wildman–Crippen LogP) is 2.88. The minimum atomic E-state index is 0.959. The van der Waals surface area contributed by atoms with Crippen molar-refractivity contribution in [2.45, 2.75) is 13.3 Å². The normalized spacial score (nSPS) is 10.3. The second-order valence-electron chi connectivity index (χ2n) is 1.58. The van der Waals surface area contributed by atoms with Crippen molar-refractivity contribution in [1.82, 2.24) is 0 Å². The summed E-state index contributed by atoms with van der Waals surface area (Å²) in [4.78, 5) is 0. The molecule has 0 rings (SSSR count). The van der Waals surface area contributed by atoms with Gasteiger partial charge >= 0.3 is 0 Å². The Morgan fingerprint density at radius 1 is 1.29 bits per heavy atom. The molecule has 0 saturated heterocycles. The van der Waals surface area contributed by atoms with Crippen LogP contribution in [0, 0.1) is 5.92 Å². The van der Waals surface area contributed by atoms with Crippen LogP contribution >= 0.6 is 45.2 Å². The summed E-state index contributed by atoms with van der Waals surface area (Å²) >= 11 is 4.89. The SMILES string of the molecule is CCC(CI)CI. The third-order valence-corrected chi connectivity index (χ3v) is 3.51. The zero-order chi connectivity index (χ0) is 5.70. The summed E-state index contributed by atoms with van der Waals surface area (Å²) in [6.45, 7) is 2.25. The van der Waals surface area contributed by atoms with Crippen LogP contribution < -0.4 is 0 Å². The molecule has 0 aliphatic heterocycles. The van der Waals surface area contributed by atoms with Crippen LogP contribution in [0.5, 0.6) is 0 Å². The van der Waals surface area contributed by atoms with E-state index in [0.717, 1.165) is 5.92 Å². The molecule has 0 aliphatic rings. The fourth-order valence-electron chi connectivity index (χ4n) is 0.259. The summed E-state index contributed by atoms with van der Waals surface area (Å²) in [5.74, 6) is 0.959. The summed E-state index contributed by atoms with van der Waals surface area (Å²) in [5, 5.41) is 0. The molecule has 0 nitrogen and oxygen atoms in total. The molecule has 0 saturated carbocycles. The first-order chi connectivity index (χ1) is 3.35. The Balaban J connectivity index is 2.99. The largest absolute Gasteiger partial charge is 0.0860 e. The summed E-state index contributed by atoms with van der Waals surface area (Å²) in [7, 11) is 0. The van der Waals surface area contributed by atoms with Crippen LogP contribution in [0.2, 0.25) is 0 Å². The van der Waals surface area contributed by atoms with Gasteiger partial charge in [-0.3, -0.25) is 0 Å². The lowest BCUT2D eigenvalue weighted by molar-refractivity contribution is 0.667. The maximum atomic E-state index is 2.44. The molecule has 0 spiro atoms. The molecule has 0 radical (unpaired) electrons. The van der Waals surface area contributed by atoms with Crippen molar-refractivity contribution in [3.63, 3.8) is 0 Å². The van der Waals surface area contributed by atoms with Crippen molar-refractivity contribution in [3.05, 3.63) is 0 Å². The highest BCUT2D eigenvalue weighted by atomic mass is 127. The topological polar surface area (TPSA) is 0 Å². The number of hydrogen-bond acceptors (Lipinski definition) is 0. The highest BCUT2D eigenvalue weighted by Gasteiger charge is 1.98. The first-order valence-corrected chi connectivity index (χ1v) is 5.52. The van der Waals surface area contributed by atoms with E-state index >= 15 is 0 Å². The van der Waals surface area contributed by atoms with Crippen LogP contribution in [0.15, 0.2) is 0 Å². The number of rotatable bonds is 3. The molecule has 0 atom stereocenters. The van der Waals surface area contributed by atoms with Crippen LogP contribution in [-0.4, -0.2) is 8.86 Å². The van der Waals surface area contributed by atoms with Gasteiger partial charge in [-0.15, -0.1) is 0 Å². The Kier molecular flexibility index (Phi) is 6.76. The molecular weight excluding hydrogens is 314 g/mol. The van der Waals surface area contributed by atoms with Crippen molar-refractivity contribution < 1.29 is 0 Å². The van der Waals surface area contributed by atoms with Gasteiger partial charge in [0.1, 0.15) is 0 Å². The maximum Gasteiger partial charge on any atom is 0.00309 e. The van der Waals surface area contributed by atoms with Crippen molar-refractivity contribution in [3.8, 4) is 0 Å². The second-order valence-corrected chi connectivity index (χ2v) is 3.34. The van der Waals surface area contributed by atoms with E-state index in [2.05, 4.69) is 52.1 Å². The van der Waals surface area contributed by atoms with Crippen molar-refractivity contribution in [1.29, 1.82) is 0 Å². The first kappa shape index (κ1) is 8.46. The molecule has 0 heterocycles. The van der Waals surface area contributed by atoms with Crippen LogP contribution in [0.1, 0.15) is 13.3 Å². The van der Waals surface area contributed by atoms with Gasteiger partial charge in [0.2, 0.25) is 0 Å². The van der Waals surface area contributed by atoms with Gasteiger partial charge in [0.15, 0.2) is 0 Å². The average Bonchev–Trinajstić information content (AvgIpc) is 1.72. The van der Waals surface area contributed by atoms with E-state index in [1.165, 1.54) is 15.3 Å². The van der Waals surface area contributed by atoms with E-state index in [-0.39, 0.29) is 0 Å². The maximum absolute atomic E-state index is 2.44. The molecule has 0 aromatic heterocycles. The molecule has 0 aliphatic carbocycles. The van der Waals surface area contributed by atoms with Crippen LogP contribution in [0.25, 0.3) is 0 Å². The van der Waals surface area contributed by atoms with Crippen LogP contribution in [0.4, 0.5) is 0 Å². The van der Waals surface area contributed by atoms with Gasteiger partial charge in [-0.05, 0) is 5.92 Å². The minimum absolute atomic E-state index is 0.959. The standard InChI is InChI=1S/C5H10I2/c1-2-5(3-6)4-7/h5H,2-4H2,1H3. The van der Waals surface area contributed by atoms with E-state index in [4.69, 9.17) is 0 Å². The highest BCUT2D eigenvalue weighted by molar-refractivity contribution is 14.1. The predicted molar refractivity (Wildman–Crippen MR) is 51.6 cm³/mol. The Morgan fingerprint density at radius 2 is 1.71 bits per heavy atom. The third kappa shape index (κ3) is 4.00. The molecule has 44 valence electrons.